The van der Waals surface area contributed by atoms with Crippen LogP contribution in [0.4, 0.5) is 10.2 Å². The molecule has 15 heavy (non-hydrogen) atoms. The van der Waals surface area contributed by atoms with Crippen molar-refractivity contribution < 1.29 is 4.39 Å². The van der Waals surface area contributed by atoms with Gasteiger partial charge < -0.3 is 9.80 Å². The Hall–Kier alpha value is -1.16. The molecule has 82 valence electrons. The van der Waals surface area contributed by atoms with Crippen LogP contribution in [0, 0.1) is 12.7 Å². The lowest BCUT2D eigenvalue weighted by atomic mass is 10.2. The molecule has 1 aromatic rings. The van der Waals surface area contributed by atoms with E-state index in [0.29, 0.717) is 5.82 Å². The van der Waals surface area contributed by atoms with Crippen molar-refractivity contribution in [2.75, 3.05) is 38.1 Å². The van der Waals surface area contributed by atoms with Crippen LogP contribution >= 0.6 is 0 Å². The molecule has 1 saturated heterocycles. The number of rotatable bonds is 1. The first-order chi connectivity index (χ1) is 7.16. The molecule has 0 unspecified atom stereocenters. The van der Waals surface area contributed by atoms with Gasteiger partial charge >= 0.3 is 0 Å². The average Bonchev–Trinajstić information content (AvgIpc) is 2.20. The van der Waals surface area contributed by atoms with Crippen LogP contribution in [-0.2, 0) is 0 Å². The maximum Gasteiger partial charge on any atom is 0.165 e. The van der Waals surface area contributed by atoms with Crippen LogP contribution < -0.4 is 4.90 Å². The third-order valence-electron chi connectivity index (χ3n) is 2.76. The third-order valence-corrected chi connectivity index (χ3v) is 2.76. The van der Waals surface area contributed by atoms with Crippen LogP contribution in [-0.4, -0.2) is 43.1 Å². The first-order valence-electron chi connectivity index (χ1n) is 5.22. The third kappa shape index (κ3) is 2.26. The first kappa shape index (κ1) is 10.4. The van der Waals surface area contributed by atoms with Gasteiger partial charge in [0.15, 0.2) is 11.6 Å². The van der Waals surface area contributed by atoms with Crippen molar-refractivity contribution in [1.82, 2.24) is 9.88 Å². The summed E-state index contributed by atoms with van der Waals surface area (Å²) in [6.45, 7) is 5.49. The molecule has 0 aromatic carbocycles. The predicted molar refractivity (Wildman–Crippen MR) is 58.6 cm³/mol. The number of likely N-dealkylation sites (N-methyl/N-ethyl adjacent to an activating group) is 1. The number of hydrogen-bond acceptors (Lipinski definition) is 3. The zero-order chi connectivity index (χ0) is 10.8. The van der Waals surface area contributed by atoms with Crippen molar-refractivity contribution in [1.29, 1.82) is 0 Å². The summed E-state index contributed by atoms with van der Waals surface area (Å²) in [5, 5.41) is 0. The quantitative estimate of drug-likeness (QED) is 0.694. The standard InChI is InChI=1S/C11H16FN3/c1-9-7-10(12)11(13-8-9)15-5-3-14(2)4-6-15/h7-8H,3-6H2,1-2H3. The van der Waals surface area contributed by atoms with Crippen LogP contribution in [0.5, 0.6) is 0 Å². The van der Waals surface area contributed by atoms with Crippen LogP contribution in [0.1, 0.15) is 5.56 Å². The Balaban J connectivity index is 2.15. The van der Waals surface area contributed by atoms with E-state index in [0.717, 1.165) is 31.7 Å². The van der Waals surface area contributed by atoms with E-state index in [4.69, 9.17) is 0 Å². The summed E-state index contributed by atoms with van der Waals surface area (Å²) < 4.78 is 13.6. The lowest BCUT2D eigenvalue weighted by molar-refractivity contribution is 0.310. The highest BCUT2D eigenvalue weighted by Crippen LogP contribution is 2.18. The number of anilines is 1. The molecular formula is C11H16FN3. The fourth-order valence-corrected chi connectivity index (χ4v) is 1.78. The summed E-state index contributed by atoms with van der Waals surface area (Å²) in [7, 11) is 2.08. The average molecular weight is 209 g/mol. The van der Waals surface area contributed by atoms with E-state index in [1.807, 2.05) is 11.8 Å². The van der Waals surface area contributed by atoms with Gasteiger partial charge in [-0.2, -0.15) is 0 Å². The molecule has 1 aliphatic heterocycles. The zero-order valence-corrected chi connectivity index (χ0v) is 9.20. The molecule has 2 rings (SSSR count). The largest absolute Gasteiger partial charge is 0.352 e. The zero-order valence-electron chi connectivity index (χ0n) is 9.20. The van der Waals surface area contributed by atoms with Gasteiger partial charge in [0.2, 0.25) is 0 Å². The molecule has 1 fully saturated rings. The van der Waals surface area contributed by atoms with Crippen molar-refractivity contribution in [3.05, 3.63) is 23.6 Å². The second-order valence-corrected chi connectivity index (χ2v) is 4.11. The van der Waals surface area contributed by atoms with E-state index < -0.39 is 0 Å². The van der Waals surface area contributed by atoms with Crippen LogP contribution in [0.3, 0.4) is 0 Å². The van der Waals surface area contributed by atoms with Crippen LogP contribution in [0.2, 0.25) is 0 Å². The highest BCUT2D eigenvalue weighted by molar-refractivity contribution is 5.41. The number of halogens is 1. The minimum Gasteiger partial charge on any atom is -0.352 e. The summed E-state index contributed by atoms with van der Waals surface area (Å²) in [5.41, 5.74) is 0.866. The Kier molecular flexibility index (Phi) is 2.86. The molecule has 0 N–H and O–H groups in total. The lowest BCUT2D eigenvalue weighted by Gasteiger charge is -2.33. The Bertz CT molecular complexity index is 346. The Morgan fingerprint density at radius 1 is 1.27 bits per heavy atom. The molecule has 4 heteroatoms. The number of aryl methyl sites for hydroxylation is 1. The molecule has 0 amide bonds. The Labute approximate surface area is 89.5 Å². The summed E-state index contributed by atoms with van der Waals surface area (Å²) in [6, 6.07) is 1.54. The number of pyridine rings is 1. The second kappa shape index (κ2) is 4.14. The lowest BCUT2D eigenvalue weighted by Crippen LogP contribution is -2.45. The molecule has 0 spiro atoms. The topological polar surface area (TPSA) is 19.4 Å². The van der Waals surface area contributed by atoms with Crippen molar-refractivity contribution in [3.8, 4) is 0 Å². The van der Waals surface area contributed by atoms with E-state index in [1.165, 1.54) is 0 Å². The summed E-state index contributed by atoms with van der Waals surface area (Å²) in [5.74, 6) is 0.285. The Morgan fingerprint density at radius 2 is 1.93 bits per heavy atom. The van der Waals surface area contributed by atoms with Gasteiger partial charge in [-0.3, -0.25) is 0 Å². The van der Waals surface area contributed by atoms with Crippen molar-refractivity contribution in [3.63, 3.8) is 0 Å². The highest BCUT2D eigenvalue weighted by atomic mass is 19.1. The number of nitrogens with zero attached hydrogens (tertiary/aromatic N) is 3. The van der Waals surface area contributed by atoms with E-state index in [9.17, 15) is 4.39 Å². The molecule has 1 aromatic heterocycles. The van der Waals surface area contributed by atoms with Gasteiger partial charge in [-0.1, -0.05) is 0 Å². The number of hydrogen-bond donors (Lipinski definition) is 0. The normalized spacial score (nSPS) is 18.2. The van der Waals surface area contributed by atoms with Gasteiger partial charge in [-0.15, -0.1) is 0 Å². The molecular weight excluding hydrogens is 193 g/mol. The van der Waals surface area contributed by atoms with Gasteiger partial charge in [-0.05, 0) is 25.6 Å². The molecule has 0 atom stereocenters. The minimum atomic E-state index is -0.209. The van der Waals surface area contributed by atoms with Crippen molar-refractivity contribution in [2.45, 2.75) is 6.92 Å². The number of aromatic nitrogens is 1. The monoisotopic (exact) mass is 209 g/mol. The summed E-state index contributed by atoms with van der Waals surface area (Å²) in [6.07, 6.45) is 1.72. The minimum absolute atomic E-state index is 0.209. The highest BCUT2D eigenvalue weighted by Gasteiger charge is 2.18. The molecule has 1 aliphatic rings. The van der Waals surface area contributed by atoms with Crippen LogP contribution in [0.25, 0.3) is 0 Å². The fraction of sp³-hybridized carbons (Fsp3) is 0.545. The van der Waals surface area contributed by atoms with Gasteiger partial charge in [0, 0.05) is 32.4 Å². The van der Waals surface area contributed by atoms with Crippen molar-refractivity contribution >= 4 is 5.82 Å². The van der Waals surface area contributed by atoms with Crippen LogP contribution in [0.15, 0.2) is 12.3 Å². The predicted octanol–water partition coefficient (Wildman–Crippen LogP) is 1.28. The van der Waals surface area contributed by atoms with E-state index in [2.05, 4.69) is 16.9 Å². The van der Waals surface area contributed by atoms with E-state index in [1.54, 1.807) is 12.3 Å². The fourth-order valence-electron chi connectivity index (χ4n) is 1.78. The van der Waals surface area contributed by atoms with Gasteiger partial charge in [0.25, 0.3) is 0 Å². The molecule has 0 bridgehead atoms. The van der Waals surface area contributed by atoms with E-state index >= 15 is 0 Å². The number of piperazine rings is 1. The summed E-state index contributed by atoms with van der Waals surface area (Å²) in [4.78, 5) is 8.41. The maximum absolute atomic E-state index is 13.6. The summed E-state index contributed by atoms with van der Waals surface area (Å²) >= 11 is 0. The van der Waals surface area contributed by atoms with Gasteiger partial charge in [0.05, 0.1) is 0 Å². The SMILES string of the molecule is Cc1cnc(N2CCN(C)CC2)c(F)c1. The van der Waals surface area contributed by atoms with Gasteiger partial charge in [0.1, 0.15) is 0 Å². The Morgan fingerprint density at radius 3 is 2.53 bits per heavy atom. The van der Waals surface area contributed by atoms with Gasteiger partial charge in [-0.25, -0.2) is 9.37 Å². The smallest absolute Gasteiger partial charge is 0.165 e. The molecule has 0 saturated carbocycles. The molecule has 0 radical (unpaired) electrons. The van der Waals surface area contributed by atoms with E-state index in [-0.39, 0.29) is 5.82 Å². The second-order valence-electron chi connectivity index (χ2n) is 4.11. The molecule has 0 aliphatic carbocycles. The van der Waals surface area contributed by atoms with Crippen molar-refractivity contribution in [2.24, 2.45) is 0 Å². The molecule has 3 nitrogen and oxygen atoms in total. The maximum atomic E-state index is 13.6. The molecule has 2 heterocycles. The first-order valence-corrected chi connectivity index (χ1v) is 5.22.